The fraction of sp³-hybridized carbons (Fsp3) is 0.625. The van der Waals surface area contributed by atoms with E-state index in [4.69, 9.17) is 0 Å². The van der Waals surface area contributed by atoms with Crippen molar-refractivity contribution >= 4 is 0 Å². The summed E-state index contributed by atoms with van der Waals surface area (Å²) < 4.78 is 0. The molecule has 1 heteroatoms. The van der Waals surface area contributed by atoms with Gasteiger partial charge in [-0.05, 0) is 37.8 Å². The predicted octanol–water partition coefficient (Wildman–Crippen LogP) is 3.64. The van der Waals surface area contributed by atoms with Crippen molar-refractivity contribution in [3.8, 4) is 0 Å². The number of nitrogens with one attached hydrogen (secondary N) is 1. The molecule has 1 N–H and O–H groups in total. The first-order chi connectivity index (χ1) is 8.42. The fourth-order valence-corrected chi connectivity index (χ4v) is 3.94. The third-order valence-electron chi connectivity index (χ3n) is 4.82. The predicted molar refractivity (Wildman–Crippen MR) is 72.2 cm³/mol. The Bertz CT molecular complexity index is 345. The minimum absolute atomic E-state index is 0.446. The molecule has 0 unspecified atom stereocenters. The molecule has 1 saturated heterocycles. The molecule has 1 aliphatic heterocycles. The highest BCUT2D eigenvalue weighted by atomic mass is 14.9. The highest BCUT2D eigenvalue weighted by molar-refractivity contribution is 5.29. The Morgan fingerprint density at radius 1 is 0.941 bits per heavy atom. The largest absolute Gasteiger partial charge is 0.313 e. The number of hydrogen-bond acceptors (Lipinski definition) is 1. The van der Waals surface area contributed by atoms with Gasteiger partial charge in [-0.15, -0.1) is 0 Å². The van der Waals surface area contributed by atoms with E-state index in [1.54, 1.807) is 5.56 Å². The molecule has 0 bridgehead atoms. The summed E-state index contributed by atoms with van der Waals surface area (Å²) in [5, 5.41) is 3.80. The first-order valence-corrected chi connectivity index (χ1v) is 7.21. The molecule has 1 aliphatic carbocycles. The van der Waals surface area contributed by atoms with Gasteiger partial charge in [0.1, 0.15) is 0 Å². The monoisotopic (exact) mass is 229 g/mol. The van der Waals surface area contributed by atoms with Crippen molar-refractivity contribution in [3.63, 3.8) is 0 Å². The average molecular weight is 229 g/mol. The van der Waals surface area contributed by atoms with Crippen LogP contribution >= 0.6 is 0 Å². The van der Waals surface area contributed by atoms with Crippen molar-refractivity contribution in [2.45, 2.75) is 56.4 Å². The molecular weight excluding hydrogens is 206 g/mol. The lowest BCUT2D eigenvalue weighted by Crippen LogP contribution is -2.49. The zero-order valence-electron chi connectivity index (χ0n) is 10.6. The van der Waals surface area contributed by atoms with Crippen molar-refractivity contribution in [2.24, 2.45) is 0 Å². The average Bonchev–Trinajstić information content (AvgIpc) is 2.91. The van der Waals surface area contributed by atoms with E-state index < -0.39 is 0 Å². The Labute approximate surface area is 105 Å². The normalized spacial score (nSPS) is 28.1. The molecule has 0 aromatic heterocycles. The maximum absolute atomic E-state index is 3.80. The highest BCUT2D eigenvalue weighted by Crippen LogP contribution is 2.45. The standard InChI is InChI=1S/C16H23N/c1-2-8-14(9-3-1)16(11-5-6-12-16)15-10-4-7-13-17-15/h1-3,8-9,15,17H,4-7,10-13H2/t15-/m0/s1. The minimum Gasteiger partial charge on any atom is -0.313 e. The Morgan fingerprint density at radius 2 is 1.71 bits per heavy atom. The van der Waals surface area contributed by atoms with Gasteiger partial charge >= 0.3 is 0 Å². The Kier molecular flexibility index (Phi) is 3.19. The second kappa shape index (κ2) is 4.81. The highest BCUT2D eigenvalue weighted by Gasteiger charge is 2.42. The molecule has 2 aliphatic rings. The molecule has 92 valence electrons. The fourth-order valence-electron chi connectivity index (χ4n) is 3.94. The molecular formula is C16H23N. The molecule has 1 nitrogen and oxygen atoms in total. The van der Waals surface area contributed by atoms with E-state index in [-0.39, 0.29) is 0 Å². The molecule has 1 saturated carbocycles. The van der Waals surface area contributed by atoms with Gasteiger partial charge in [0.05, 0.1) is 0 Å². The van der Waals surface area contributed by atoms with Crippen molar-refractivity contribution in [3.05, 3.63) is 35.9 Å². The third-order valence-corrected chi connectivity index (χ3v) is 4.82. The van der Waals surface area contributed by atoms with E-state index in [1.165, 1.54) is 51.5 Å². The van der Waals surface area contributed by atoms with Crippen LogP contribution in [0.3, 0.4) is 0 Å². The van der Waals surface area contributed by atoms with Crippen molar-refractivity contribution in [1.29, 1.82) is 0 Å². The topological polar surface area (TPSA) is 12.0 Å². The van der Waals surface area contributed by atoms with Crippen LogP contribution in [0.4, 0.5) is 0 Å². The molecule has 3 rings (SSSR count). The number of benzene rings is 1. The smallest absolute Gasteiger partial charge is 0.0164 e. The van der Waals surface area contributed by atoms with Crippen LogP contribution in [0.25, 0.3) is 0 Å². The quantitative estimate of drug-likeness (QED) is 0.816. The van der Waals surface area contributed by atoms with Gasteiger partial charge in [0.25, 0.3) is 0 Å². The summed E-state index contributed by atoms with van der Waals surface area (Å²) in [6, 6.07) is 12.0. The van der Waals surface area contributed by atoms with Gasteiger partial charge < -0.3 is 5.32 Å². The molecule has 1 heterocycles. The molecule has 1 aromatic rings. The van der Waals surface area contributed by atoms with E-state index in [0.717, 1.165) is 6.04 Å². The lowest BCUT2D eigenvalue weighted by atomic mass is 9.70. The van der Waals surface area contributed by atoms with Crippen LogP contribution in [0.15, 0.2) is 30.3 Å². The van der Waals surface area contributed by atoms with Gasteiger partial charge in [-0.2, -0.15) is 0 Å². The first kappa shape index (κ1) is 11.3. The lowest BCUT2D eigenvalue weighted by molar-refractivity contribution is 0.250. The molecule has 0 amide bonds. The molecule has 0 radical (unpaired) electrons. The summed E-state index contributed by atoms with van der Waals surface area (Å²) in [5.74, 6) is 0. The second-order valence-corrected chi connectivity index (χ2v) is 5.73. The SMILES string of the molecule is c1ccc(C2([C@@H]3CCCCN3)CCCC2)cc1. The van der Waals surface area contributed by atoms with Gasteiger partial charge in [0.2, 0.25) is 0 Å². The maximum Gasteiger partial charge on any atom is 0.0164 e. The van der Waals surface area contributed by atoms with Crippen LogP contribution in [0.2, 0.25) is 0 Å². The van der Waals surface area contributed by atoms with Gasteiger partial charge in [-0.25, -0.2) is 0 Å². The summed E-state index contributed by atoms with van der Waals surface area (Å²) in [6.45, 7) is 1.22. The van der Waals surface area contributed by atoms with Crippen LogP contribution in [0, 0.1) is 0 Å². The molecule has 17 heavy (non-hydrogen) atoms. The summed E-state index contributed by atoms with van der Waals surface area (Å²) in [6.07, 6.45) is 9.73. The molecule has 1 atom stereocenters. The number of piperidine rings is 1. The van der Waals surface area contributed by atoms with Crippen LogP contribution in [-0.2, 0) is 5.41 Å². The third kappa shape index (κ3) is 2.01. The van der Waals surface area contributed by atoms with Gasteiger partial charge in [-0.3, -0.25) is 0 Å². The number of hydrogen-bond donors (Lipinski definition) is 1. The van der Waals surface area contributed by atoms with Crippen molar-refractivity contribution in [1.82, 2.24) is 5.32 Å². The minimum atomic E-state index is 0.446. The zero-order valence-corrected chi connectivity index (χ0v) is 10.6. The van der Waals surface area contributed by atoms with Crippen LogP contribution < -0.4 is 5.32 Å². The van der Waals surface area contributed by atoms with E-state index in [0.29, 0.717) is 5.41 Å². The zero-order chi connectivity index (χ0) is 11.6. The first-order valence-electron chi connectivity index (χ1n) is 7.21. The Balaban J connectivity index is 1.92. The van der Waals surface area contributed by atoms with Gasteiger partial charge in [0, 0.05) is 11.5 Å². The van der Waals surface area contributed by atoms with E-state index in [2.05, 4.69) is 35.6 Å². The van der Waals surface area contributed by atoms with E-state index in [1.807, 2.05) is 0 Å². The molecule has 1 aromatic carbocycles. The second-order valence-electron chi connectivity index (χ2n) is 5.73. The molecule has 2 fully saturated rings. The van der Waals surface area contributed by atoms with Gasteiger partial charge in [0.15, 0.2) is 0 Å². The van der Waals surface area contributed by atoms with Crippen molar-refractivity contribution in [2.75, 3.05) is 6.54 Å². The lowest BCUT2D eigenvalue weighted by Gasteiger charge is -2.41. The molecule has 0 spiro atoms. The van der Waals surface area contributed by atoms with Gasteiger partial charge in [-0.1, -0.05) is 49.6 Å². The summed E-state index contributed by atoms with van der Waals surface area (Å²) in [4.78, 5) is 0. The van der Waals surface area contributed by atoms with Crippen molar-refractivity contribution < 1.29 is 0 Å². The summed E-state index contributed by atoms with van der Waals surface area (Å²) in [7, 11) is 0. The summed E-state index contributed by atoms with van der Waals surface area (Å²) >= 11 is 0. The maximum atomic E-state index is 3.80. The van der Waals surface area contributed by atoms with E-state index >= 15 is 0 Å². The van der Waals surface area contributed by atoms with Crippen LogP contribution in [0.1, 0.15) is 50.5 Å². The Hall–Kier alpha value is -0.820. The summed E-state index contributed by atoms with van der Waals surface area (Å²) in [5.41, 5.74) is 2.03. The van der Waals surface area contributed by atoms with E-state index in [9.17, 15) is 0 Å². The van der Waals surface area contributed by atoms with Crippen LogP contribution in [0.5, 0.6) is 0 Å². The van der Waals surface area contributed by atoms with Crippen LogP contribution in [-0.4, -0.2) is 12.6 Å². The Morgan fingerprint density at radius 3 is 2.35 bits per heavy atom. The number of rotatable bonds is 2.